The van der Waals surface area contributed by atoms with Gasteiger partial charge in [-0.2, -0.15) is 0 Å². The fourth-order valence-corrected chi connectivity index (χ4v) is 2.21. The summed E-state index contributed by atoms with van der Waals surface area (Å²) in [5.41, 5.74) is 1.13. The fraction of sp³-hybridized carbons (Fsp3) is 0.562. The maximum absolute atomic E-state index is 9.55. The van der Waals surface area contributed by atoms with Gasteiger partial charge in [0, 0.05) is 18.5 Å². The summed E-state index contributed by atoms with van der Waals surface area (Å²) in [6.45, 7) is 5.86. The minimum atomic E-state index is 0. The Balaban J connectivity index is 0.00000220. The van der Waals surface area contributed by atoms with Crippen molar-refractivity contribution >= 4 is 29.9 Å². The first-order valence-electron chi connectivity index (χ1n) is 7.45. The Morgan fingerprint density at radius 2 is 2.05 bits per heavy atom. The van der Waals surface area contributed by atoms with Crippen molar-refractivity contribution in [1.29, 1.82) is 0 Å². The second-order valence-electron chi connectivity index (χ2n) is 5.47. The predicted molar refractivity (Wildman–Crippen MR) is 98.4 cm³/mol. The first kappa shape index (κ1) is 18.2. The second kappa shape index (κ2) is 9.25. The van der Waals surface area contributed by atoms with Gasteiger partial charge in [0.25, 0.3) is 0 Å². The molecule has 0 spiro atoms. The average molecular weight is 403 g/mol. The van der Waals surface area contributed by atoms with Crippen LogP contribution in [-0.2, 0) is 0 Å². The third kappa shape index (κ3) is 5.82. The Labute approximate surface area is 144 Å². The molecule has 1 aromatic carbocycles. The van der Waals surface area contributed by atoms with Crippen LogP contribution in [0.3, 0.4) is 0 Å². The molecule has 118 valence electrons. The van der Waals surface area contributed by atoms with Crippen LogP contribution in [-0.4, -0.2) is 36.8 Å². The van der Waals surface area contributed by atoms with E-state index in [2.05, 4.69) is 29.5 Å². The monoisotopic (exact) mass is 403 g/mol. The Bertz CT molecular complexity index is 438. The lowest BCUT2D eigenvalue weighted by Crippen LogP contribution is -2.39. The fourth-order valence-electron chi connectivity index (χ4n) is 2.21. The lowest BCUT2D eigenvalue weighted by atomic mass is 10.0. The van der Waals surface area contributed by atoms with Crippen LogP contribution in [0, 0.1) is 5.92 Å². The highest BCUT2D eigenvalue weighted by molar-refractivity contribution is 14.0. The summed E-state index contributed by atoms with van der Waals surface area (Å²) in [4.78, 5) is 4.61. The number of guanidine groups is 1. The molecule has 0 aliphatic heterocycles. The van der Waals surface area contributed by atoms with Gasteiger partial charge in [-0.05, 0) is 24.8 Å². The van der Waals surface area contributed by atoms with Gasteiger partial charge in [-0.1, -0.05) is 37.3 Å². The summed E-state index contributed by atoms with van der Waals surface area (Å²) in [6.07, 6.45) is 1.21. The molecule has 0 amide bonds. The smallest absolute Gasteiger partial charge is 0.191 e. The molecule has 0 bridgehead atoms. The number of aliphatic imine (C=N–C) groups is 1. The van der Waals surface area contributed by atoms with Crippen molar-refractivity contribution in [2.24, 2.45) is 10.9 Å². The third-order valence-corrected chi connectivity index (χ3v) is 3.74. The van der Waals surface area contributed by atoms with Crippen molar-refractivity contribution in [3.05, 3.63) is 35.9 Å². The molecule has 3 atom stereocenters. The summed E-state index contributed by atoms with van der Waals surface area (Å²) in [5, 5.41) is 16.2. The number of benzene rings is 1. The summed E-state index contributed by atoms with van der Waals surface area (Å²) in [5.74, 6) is 1.65. The van der Waals surface area contributed by atoms with Crippen LogP contribution in [0.25, 0.3) is 0 Å². The van der Waals surface area contributed by atoms with Crippen molar-refractivity contribution in [3.8, 4) is 0 Å². The van der Waals surface area contributed by atoms with Gasteiger partial charge in [0.2, 0.25) is 0 Å². The van der Waals surface area contributed by atoms with E-state index in [-0.39, 0.29) is 36.5 Å². The first-order valence-corrected chi connectivity index (χ1v) is 7.45. The molecule has 5 heteroatoms. The molecule has 2 rings (SSSR count). The Hall–Kier alpha value is -0.820. The van der Waals surface area contributed by atoms with Crippen LogP contribution >= 0.6 is 24.0 Å². The van der Waals surface area contributed by atoms with Gasteiger partial charge in [0.15, 0.2) is 5.96 Å². The summed E-state index contributed by atoms with van der Waals surface area (Å²) < 4.78 is 0. The van der Waals surface area contributed by atoms with Crippen LogP contribution in [0.4, 0.5) is 0 Å². The predicted octanol–water partition coefficient (Wildman–Crippen LogP) is 2.34. The third-order valence-electron chi connectivity index (χ3n) is 3.74. The number of rotatable bonds is 6. The van der Waals surface area contributed by atoms with E-state index in [1.165, 1.54) is 6.42 Å². The van der Waals surface area contributed by atoms with Gasteiger partial charge >= 0.3 is 0 Å². The number of halogens is 1. The number of nitrogens with zero attached hydrogens (tertiary/aromatic N) is 1. The van der Waals surface area contributed by atoms with E-state index in [0.29, 0.717) is 12.6 Å². The normalized spacial score (nSPS) is 22.1. The molecule has 0 aromatic heterocycles. The standard InChI is InChI=1S/C16H25N3O.HI/c1-3-17-16(19-15-9-12(15)2)18-10-14(11-20)13-7-5-4-6-8-13;/h4-8,12,14-15,20H,3,9-11H2,1-2H3,(H2,17,18,19);1H. The molecule has 0 heterocycles. The number of aliphatic hydroxyl groups is 1. The lowest BCUT2D eigenvalue weighted by Gasteiger charge is -2.15. The number of hydrogen-bond acceptors (Lipinski definition) is 2. The minimum Gasteiger partial charge on any atom is -0.396 e. The SMILES string of the molecule is CCNC(=NCC(CO)c1ccccc1)NC1CC1C.I. The number of aliphatic hydroxyl groups excluding tert-OH is 1. The maximum atomic E-state index is 9.55. The van der Waals surface area contributed by atoms with Gasteiger partial charge in [0.1, 0.15) is 0 Å². The van der Waals surface area contributed by atoms with Gasteiger partial charge in [0.05, 0.1) is 13.2 Å². The van der Waals surface area contributed by atoms with E-state index in [4.69, 9.17) is 0 Å². The molecule has 0 radical (unpaired) electrons. The molecule has 1 aliphatic rings. The van der Waals surface area contributed by atoms with Crippen LogP contribution < -0.4 is 10.6 Å². The summed E-state index contributed by atoms with van der Waals surface area (Å²) >= 11 is 0. The minimum absolute atomic E-state index is 0. The highest BCUT2D eigenvalue weighted by Crippen LogP contribution is 2.28. The zero-order chi connectivity index (χ0) is 14.4. The van der Waals surface area contributed by atoms with Gasteiger partial charge in [-0.15, -0.1) is 24.0 Å². The zero-order valence-corrected chi connectivity index (χ0v) is 15.1. The van der Waals surface area contributed by atoms with E-state index in [1.54, 1.807) is 0 Å². The maximum Gasteiger partial charge on any atom is 0.191 e. The highest BCUT2D eigenvalue weighted by atomic mass is 127. The largest absolute Gasteiger partial charge is 0.396 e. The molecular formula is C16H26IN3O. The molecule has 21 heavy (non-hydrogen) atoms. The van der Waals surface area contributed by atoms with Gasteiger partial charge in [-0.25, -0.2) is 0 Å². The molecule has 1 fully saturated rings. The van der Waals surface area contributed by atoms with E-state index >= 15 is 0 Å². The molecule has 3 unspecified atom stereocenters. The van der Waals surface area contributed by atoms with Crippen LogP contribution in [0.15, 0.2) is 35.3 Å². The van der Waals surface area contributed by atoms with Gasteiger partial charge in [-0.3, -0.25) is 4.99 Å². The molecule has 1 saturated carbocycles. The summed E-state index contributed by atoms with van der Waals surface area (Å²) in [6, 6.07) is 10.6. The molecular weight excluding hydrogens is 377 g/mol. The Kier molecular flexibility index (Phi) is 8.03. The number of nitrogens with one attached hydrogen (secondary N) is 2. The molecule has 1 aliphatic carbocycles. The van der Waals surface area contributed by atoms with Crippen molar-refractivity contribution in [2.45, 2.75) is 32.2 Å². The second-order valence-corrected chi connectivity index (χ2v) is 5.47. The van der Waals surface area contributed by atoms with Crippen LogP contribution in [0.5, 0.6) is 0 Å². The van der Waals surface area contributed by atoms with Crippen molar-refractivity contribution < 1.29 is 5.11 Å². The quantitative estimate of drug-likeness (QED) is 0.388. The molecule has 1 aromatic rings. The van der Waals surface area contributed by atoms with E-state index in [1.807, 2.05) is 30.3 Å². The zero-order valence-electron chi connectivity index (χ0n) is 12.7. The lowest BCUT2D eigenvalue weighted by molar-refractivity contribution is 0.268. The molecule has 3 N–H and O–H groups in total. The highest BCUT2D eigenvalue weighted by Gasteiger charge is 2.33. The van der Waals surface area contributed by atoms with Crippen molar-refractivity contribution in [2.75, 3.05) is 19.7 Å². The van der Waals surface area contributed by atoms with E-state index in [9.17, 15) is 5.11 Å². The van der Waals surface area contributed by atoms with Gasteiger partial charge < -0.3 is 15.7 Å². The molecule has 0 saturated heterocycles. The van der Waals surface area contributed by atoms with Crippen molar-refractivity contribution in [3.63, 3.8) is 0 Å². The Morgan fingerprint density at radius 3 is 2.57 bits per heavy atom. The van der Waals surface area contributed by atoms with Crippen LogP contribution in [0.1, 0.15) is 31.7 Å². The van der Waals surface area contributed by atoms with E-state index < -0.39 is 0 Å². The van der Waals surface area contributed by atoms with Crippen LogP contribution in [0.2, 0.25) is 0 Å². The topological polar surface area (TPSA) is 56.7 Å². The van der Waals surface area contributed by atoms with Crippen molar-refractivity contribution in [1.82, 2.24) is 10.6 Å². The van der Waals surface area contributed by atoms with E-state index in [0.717, 1.165) is 24.0 Å². The average Bonchev–Trinajstić information content (AvgIpc) is 3.16. The molecule has 4 nitrogen and oxygen atoms in total. The Morgan fingerprint density at radius 1 is 1.38 bits per heavy atom. The first-order chi connectivity index (χ1) is 9.74. The summed E-state index contributed by atoms with van der Waals surface area (Å²) in [7, 11) is 0. The number of hydrogen-bond donors (Lipinski definition) is 3.